The lowest BCUT2D eigenvalue weighted by Crippen LogP contribution is -2.31. The molecular formula is C12H21N5. The van der Waals surface area contributed by atoms with Crippen LogP contribution in [-0.4, -0.2) is 41.4 Å². The normalized spacial score (nSPS) is 16.0. The number of hydrogen-bond donors (Lipinski definition) is 0. The van der Waals surface area contributed by atoms with Crippen LogP contribution in [0.4, 0.5) is 11.8 Å². The Kier molecular flexibility index (Phi) is 4.12. The van der Waals surface area contributed by atoms with Gasteiger partial charge in [-0.2, -0.15) is 10.1 Å². The summed E-state index contributed by atoms with van der Waals surface area (Å²) in [6.45, 7) is 8.25. The number of anilines is 2. The van der Waals surface area contributed by atoms with Crippen molar-refractivity contribution in [2.45, 2.75) is 33.1 Å². The minimum absolute atomic E-state index is 0.748. The average Bonchev–Trinajstić information content (AvgIpc) is 2.42. The van der Waals surface area contributed by atoms with Crippen LogP contribution >= 0.6 is 0 Å². The van der Waals surface area contributed by atoms with Gasteiger partial charge in [0.05, 0.1) is 6.20 Å². The van der Waals surface area contributed by atoms with Crippen LogP contribution in [0.3, 0.4) is 0 Å². The predicted molar refractivity (Wildman–Crippen MR) is 69.5 cm³/mol. The zero-order chi connectivity index (χ0) is 12.1. The molecule has 1 fully saturated rings. The molecule has 0 aromatic carbocycles. The number of rotatable bonds is 4. The first-order valence-electron chi connectivity index (χ1n) is 6.54. The maximum absolute atomic E-state index is 4.62. The Morgan fingerprint density at radius 2 is 1.88 bits per heavy atom. The maximum atomic E-state index is 4.62. The Morgan fingerprint density at radius 1 is 1.18 bits per heavy atom. The minimum atomic E-state index is 0.748. The van der Waals surface area contributed by atoms with Crippen LogP contribution in [0.2, 0.25) is 0 Å². The van der Waals surface area contributed by atoms with Crippen molar-refractivity contribution in [3.63, 3.8) is 0 Å². The molecule has 0 aliphatic carbocycles. The lowest BCUT2D eigenvalue weighted by Gasteiger charge is -2.28. The smallest absolute Gasteiger partial charge is 0.247 e. The summed E-state index contributed by atoms with van der Waals surface area (Å²) in [5.74, 6) is 1.72. The quantitative estimate of drug-likeness (QED) is 0.795. The Balaban J connectivity index is 2.15. The number of nitrogens with zero attached hydrogens (tertiary/aromatic N) is 5. The zero-order valence-electron chi connectivity index (χ0n) is 10.8. The summed E-state index contributed by atoms with van der Waals surface area (Å²) < 4.78 is 0. The van der Waals surface area contributed by atoms with E-state index >= 15 is 0 Å². The van der Waals surface area contributed by atoms with Crippen molar-refractivity contribution in [3.8, 4) is 0 Å². The molecule has 1 aromatic rings. The lowest BCUT2D eigenvalue weighted by atomic mass is 10.1. The lowest BCUT2D eigenvalue weighted by molar-refractivity contribution is 0.571. The van der Waals surface area contributed by atoms with Crippen LogP contribution in [0.5, 0.6) is 0 Å². The van der Waals surface area contributed by atoms with Crippen molar-refractivity contribution in [2.75, 3.05) is 36.0 Å². The molecule has 0 amide bonds. The van der Waals surface area contributed by atoms with E-state index in [1.165, 1.54) is 19.3 Å². The van der Waals surface area contributed by atoms with Gasteiger partial charge in [-0.3, -0.25) is 0 Å². The van der Waals surface area contributed by atoms with Crippen molar-refractivity contribution in [2.24, 2.45) is 0 Å². The van der Waals surface area contributed by atoms with Gasteiger partial charge in [-0.25, -0.2) is 0 Å². The van der Waals surface area contributed by atoms with Gasteiger partial charge in [0, 0.05) is 26.2 Å². The molecular weight excluding hydrogens is 214 g/mol. The molecule has 0 N–H and O–H groups in total. The van der Waals surface area contributed by atoms with Gasteiger partial charge < -0.3 is 9.80 Å². The van der Waals surface area contributed by atoms with Gasteiger partial charge in [0.25, 0.3) is 0 Å². The second-order valence-corrected chi connectivity index (χ2v) is 4.33. The third kappa shape index (κ3) is 2.84. The summed E-state index contributed by atoms with van der Waals surface area (Å²) in [4.78, 5) is 9.05. The molecule has 0 saturated carbocycles. The monoisotopic (exact) mass is 235 g/mol. The van der Waals surface area contributed by atoms with E-state index < -0.39 is 0 Å². The Hall–Kier alpha value is -1.39. The topological polar surface area (TPSA) is 45.2 Å². The van der Waals surface area contributed by atoms with Crippen LogP contribution < -0.4 is 9.80 Å². The summed E-state index contributed by atoms with van der Waals surface area (Å²) in [7, 11) is 0. The highest BCUT2D eigenvalue weighted by Gasteiger charge is 2.14. The maximum Gasteiger partial charge on any atom is 0.247 e. The van der Waals surface area contributed by atoms with E-state index in [0.29, 0.717) is 0 Å². The van der Waals surface area contributed by atoms with E-state index in [1.807, 2.05) is 0 Å². The molecule has 0 radical (unpaired) electrons. The first-order valence-corrected chi connectivity index (χ1v) is 6.54. The molecule has 2 heterocycles. The van der Waals surface area contributed by atoms with Crippen molar-refractivity contribution in [1.82, 2.24) is 15.2 Å². The van der Waals surface area contributed by atoms with Crippen LogP contribution in [0.25, 0.3) is 0 Å². The second kappa shape index (κ2) is 5.80. The van der Waals surface area contributed by atoms with Gasteiger partial charge in [-0.1, -0.05) is 0 Å². The number of piperidine rings is 1. The Bertz CT molecular complexity index is 345. The molecule has 0 unspecified atom stereocenters. The predicted octanol–water partition coefficient (Wildman–Crippen LogP) is 1.71. The van der Waals surface area contributed by atoms with Gasteiger partial charge in [0.1, 0.15) is 0 Å². The number of hydrogen-bond acceptors (Lipinski definition) is 5. The van der Waals surface area contributed by atoms with Crippen LogP contribution in [-0.2, 0) is 0 Å². The molecule has 0 spiro atoms. The molecule has 1 aliphatic rings. The van der Waals surface area contributed by atoms with E-state index in [2.05, 4.69) is 38.8 Å². The van der Waals surface area contributed by atoms with Gasteiger partial charge in [-0.15, -0.1) is 5.10 Å². The summed E-state index contributed by atoms with van der Waals surface area (Å²) >= 11 is 0. The summed E-state index contributed by atoms with van der Waals surface area (Å²) in [5.41, 5.74) is 0. The first kappa shape index (κ1) is 12.1. The van der Waals surface area contributed by atoms with Gasteiger partial charge >= 0.3 is 0 Å². The molecule has 17 heavy (non-hydrogen) atoms. The first-order chi connectivity index (χ1) is 8.35. The molecule has 1 saturated heterocycles. The molecule has 0 atom stereocenters. The molecule has 2 rings (SSSR count). The largest absolute Gasteiger partial charge is 0.355 e. The van der Waals surface area contributed by atoms with Gasteiger partial charge in [-0.05, 0) is 33.1 Å². The fraction of sp³-hybridized carbons (Fsp3) is 0.750. The van der Waals surface area contributed by atoms with Crippen molar-refractivity contribution in [3.05, 3.63) is 6.20 Å². The Morgan fingerprint density at radius 3 is 2.53 bits per heavy atom. The highest BCUT2D eigenvalue weighted by molar-refractivity contribution is 5.41. The third-order valence-electron chi connectivity index (χ3n) is 3.26. The van der Waals surface area contributed by atoms with E-state index in [4.69, 9.17) is 0 Å². The fourth-order valence-electron chi connectivity index (χ4n) is 2.20. The van der Waals surface area contributed by atoms with Crippen LogP contribution in [0.1, 0.15) is 33.1 Å². The summed E-state index contributed by atoms with van der Waals surface area (Å²) in [6, 6.07) is 0. The molecule has 0 bridgehead atoms. The Labute approximate surface area is 103 Å². The fourth-order valence-corrected chi connectivity index (χ4v) is 2.20. The molecule has 1 aliphatic heterocycles. The summed E-state index contributed by atoms with van der Waals surface area (Å²) in [6.07, 6.45) is 5.62. The van der Waals surface area contributed by atoms with E-state index in [0.717, 1.165) is 37.9 Å². The van der Waals surface area contributed by atoms with Crippen molar-refractivity contribution >= 4 is 11.8 Å². The number of aromatic nitrogens is 3. The highest BCUT2D eigenvalue weighted by atomic mass is 15.3. The minimum Gasteiger partial charge on any atom is -0.355 e. The van der Waals surface area contributed by atoms with E-state index in [1.54, 1.807) is 6.20 Å². The van der Waals surface area contributed by atoms with Crippen LogP contribution in [0.15, 0.2) is 6.20 Å². The van der Waals surface area contributed by atoms with Crippen molar-refractivity contribution in [1.29, 1.82) is 0 Å². The van der Waals surface area contributed by atoms with Crippen LogP contribution in [0, 0.1) is 0 Å². The average molecular weight is 235 g/mol. The van der Waals surface area contributed by atoms with E-state index in [-0.39, 0.29) is 0 Å². The third-order valence-corrected chi connectivity index (χ3v) is 3.26. The summed E-state index contributed by atoms with van der Waals surface area (Å²) in [5, 5.41) is 8.20. The SMILES string of the molecule is CCN(CC)c1nncc(N2CCCCC2)n1. The molecule has 5 heteroatoms. The molecule has 5 nitrogen and oxygen atoms in total. The highest BCUT2D eigenvalue weighted by Crippen LogP contribution is 2.18. The van der Waals surface area contributed by atoms with Crippen molar-refractivity contribution < 1.29 is 0 Å². The van der Waals surface area contributed by atoms with Gasteiger partial charge in [0.15, 0.2) is 5.82 Å². The molecule has 94 valence electrons. The van der Waals surface area contributed by atoms with Gasteiger partial charge in [0.2, 0.25) is 5.95 Å². The van der Waals surface area contributed by atoms with E-state index in [9.17, 15) is 0 Å². The molecule has 1 aromatic heterocycles. The zero-order valence-corrected chi connectivity index (χ0v) is 10.8. The standard InChI is InChI=1S/C12H21N5/c1-3-16(4-2)12-14-11(10-13-15-12)17-8-6-5-7-9-17/h10H,3-9H2,1-2H3. The second-order valence-electron chi connectivity index (χ2n) is 4.33.